The van der Waals surface area contributed by atoms with Gasteiger partial charge in [0.25, 0.3) is 0 Å². The van der Waals surface area contributed by atoms with Crippen molar-refractivity contribution < 1.29 is 14.7 Å². The first kappa shape index (κ1) is 12.4. The lowest BCUT2D eigenvalue weighted by Gasteiger charge is -2.36. The van der Waals surface area contributed by atoms with Gasteiger partial charge in [-0.15, -0.1) is 0 Å². The number of aliphatic hydroxyl groups is 1. The molecule has 2 saturated heterocycles. The third kappa shape index (κ3) is 2.60. The van der Waals surface area contributed by atoms with E-state index >= 15 is 0 Å². The summed E-state index contributed by atoms with van der Waals surface area (Å²) < 4.78 is 0. The lowest BCUT2D eigenvalue weighted by atomic mass is 9.93. The highest BCUT2D eigenvalue weighted by Gasteiger charge is 2.37. The molecule has 0 aliphatic carbocycles. The number of piperidine rings is 1. The fourth-order valence-corrected chi connectivity index (χ4v) is 2.50. The van der Waals surface area contributed by atoms with Crippen molar-refractivity contribution in [2.45, 2.75) is 31.8 Å². The Labute approximate surface area is 101 Å². The molecule has 0 saturated carbocycles. The number of carbonyl (C=O) groups is 2. The molecule has 0 radical (unpaired) electrons. The monoisotopic (exact) mass is 240 g/mol. The minimum absolute atomic E-state index is 0.0485. The number of rotatable bonds is 1. The van der Waals surface area contributed by atoms with Crippen LogP contribution in [-0.2, 0) is 9.59 Å². The average Bonchev–Trinajstić information content (AvgIpc) is 2.58. The lowest BCUT2D eigenvalue weighted by Crippen LogP contribution is -2.47. The van der Waals surface area contributed by atoms with Gasteiger partial charge in [0.05, 0.1) is 11.5 Å². The number of hydrogen-bond donors (Lipinski definition) is 1. The Kier molecular flexibility index (Phi) is 3.12. The van der Waals surface area contributed by atoms with Crippen molar-refractivity contribution in [2.24, 2.45) is 5.92 Å². The summed E-state index contributed by atoms with van der Waals surface area (Å²) in [4.78, 5) is 27.0. The van der Waals surface area contributed by atoms with Crippen LogP contribution < -0.4 is 0 Å². The molecule has 5 heteroatoms. The van der Waals surface area contributed by atoms with Gasteiger partial charge in [0.2, 0.25) is 11.8 Å². The predicted octanol–water partition coefficient (Wildman–Crippen LogP) is -0.162. The maximum absolute atomic E-state index is 12.2. The zero-order valence-corrected chi connectivity index (χ0v) is 10.5. The number of amides is 2. The first-order chi connectivity index (χ1) is 7.89. The first-order valence-electron chi connectivity index (χ1n) is 6.14. The molecule has 0 aromatic heterocycles. The summed E-state index contributed by atoms with van der Waals surface area (Å²) in [5.41, 5.74) is -0.640. The third-order valence-corrected chi connectivity index (χ3v) is 3.84. The molecule has 2 fully saturated rings. The Morgan fingerprint density at radius 2 is 2.00 bits per heavy atom. The van der Waals surface area contributed by atoms with E-state index in [4.69, 9.17) is 0 Å². The number of likely N-dealkylation sites (tertiary alicyclic amines) is 2. The van der Waals surface area contributed by atoms with E-state index in [-0.39, 0.29) is 17.7 Å². The van der Waals surface area contributed by atoms with E-state index in [0.717, 1.165) is 0 Å². The summed E-state index contributed by atoms with van der Waals surface area (Å²) in [6, 6.07) is 0. The van der Waals surface area contributed by atoms with E-state index in [9.17, 15) is 14.7 Å². The second-order valence-electron chi connectivity index (χ2n) is 5.50. The molecule has 17 heavy (non-hydrogen) atoms. The van der Waals surface area contributed by atoms with Gasteiger partial charge >= 0.3 is 0 Å². The molecule has 96 valence electrons. The average molecular weight is 240 g/mol. The molecule has 2 amide bonds. The van der Waals surface area contributed by atoms with Crippen LogP contribution in [0.2, 0.25) is 0 Å². The zero-order valence-electron chi connectivity index (χ0n) is 10.5. The highest BCUT2D eigenvalue weighted by molar-refractivity contribution is 5.89. The van der Waals surface area contributed by atoms with Gasteiger partial charge in [0, 0.05) is 33.1 Å². The molecular weight excluding hydrogens is 220 g/mol. The normalized spacial score (nSPS) is 28.6. The minimum Gasteiger partial charge on any atom is -0.390 e. The highest BCUT2D eigenvalue weighted by atomic mass is 16.3. The van der Waals surface area contributed by atoms with Crippen molar-refractivity contribution >= 4 is 11.8 Å². The molecule has 1 unspecified atom stereocenters. The Bertz CT molecular complexity index is 331. The summed E-state index contributed by atoms with van der Waals surface area (Å²) in [5, 5.41) is 9.82. The molecule has 2 rings (SSSR count). The van der Waals surface area contributed by atoms with Crippen molar-refractivity contribution in [1.82, 2.24) is 9.80 Å². The summed E-state index contributed by atoms with van der Waals surface area (Å²) in [6.07, 6.45) is 1.58. The second-order valence-corrected chi connectivity index (χ2v) is 5.50. The smallest absolute Gasteiger partial charge is 0.227 e. The van der Waals surface area contributed by atoms with Crippen molar-refractivity contribution in [3.63, 3.8) is 0 Å². The zero-order chi connectivity index (χ0) is 12.6. The van der Waals surface area contributed by atoms with Crippen LogP contribution in [0.5, 0.6) is 0 Å². The van der Waals surface area contributed by atoms with Crippen molar-refractivity contribution in [3.8, 4) is 0 Å². The SMILES string of the molecule is CN1CC(C(=O)N2CCC(C)(O)CC2)CC1=O. The topological polar surface area (TPSA) is 60.9 Å². The fraction of sp³-hybridized carbons (Fsp3) is 0.833. The van der Waals surface area contributed by atoms with Crippen LogP contribution in [0.1, 0.15) is 26.2 Å². The number of carbonyl (C=O) groups excluding carboxylic acids is 2. The van der Waals surface area contributed by atoms with Crippen LogP contribution in [0.4, 0.5) is 0 Å². The van der Waals surface area contributed by atoms with E-state index in [1.54, 1.807) is 16.8 Å². The van der Waals surface area contributed by atoms with Gasteiger partial charge in [-0.2, -0.15) is 0 Å². The largest absolute Gasteiger partial charge is 0.390 e. The quantitative estimate of drug-likeness (QED) is 0.692. The summed E-state index contributed by atoms with van der Waals surface area (Å²) in [7, 11) is 1.73. The van der Waals surface area contributed by atoms with Crippen LogP contribution in [0.3, 0.4) is 0 Å². The Balaban J connectivity index is 1.92. The highest BCUT2D eigenvalue weighted by Crippen LogP contribution is 2.25. The van der Waals surface area contributed by atoms with Crippen LogP contribution in [0.15, 0.2) is 0 Å². The predicted molar refractivity (Wildman–Crippen MR) is 62.2 cm³/mol. The van der Waals surface area contributed by atoms with E-state index in [1.165, 1.54) is 0 Å². The molecule has 5 nitrogen and oxygen atoms in total. The van der Waals surface area contributed by atoms with Gasteiger partial charge in [-0.1, -0.05) is 0 Å². The van der Waals surface area contributed by atoms with Gasteiger partial charge < -0.3 is 14.9 Å². The summed E-state index contributed by atoms with van der Waals surface area (Å²) in [6.45, 7) is 3.53. The number of hydrogen-bond acceptors (Lipinski definition) is 3. The van der Waals surface area contributed by atoms with Crippen molar-refractivity contribution in [1.29, 1.82) is 0 Å². The lowest BCUT2D eigenvalue weighted by molar-refractivity contribution is -0.139. The van der Waals surface area contributed by atoms with E-state index in [1.807, 2.05) is 6.92 Å². The van der Waals surface area contributed by atoms with Gasteiger partial charge in [0.15, 0.2) is 0 Å². The number of nitrogens with zero attached hydrogens (tertiary/aromatic N) is 2. The van der Waals surface area contributed by atoms with Crippen LogP contribution >= 0.6 is 0 Å². The maximum Gasteiger partial charge on any atom is 0.227 e. The molecule has 2 aliphatic rings. The second kappa shape index (κ2) is 4.29. The Morgan fingerprint density at radius 1 is 1.41 bits per heavy atom. The molecule has 2 heterocycles. The molecule has 2 aliphatic heterocycles. The molecule has 1 atom stereocenters. The first-order valence-corrected chi connectivity index (χ1v) is 6.14. The minimum atomic E-state index is -0.640. The molecule has 0 aromatic carbocycles. The fourth-order valence-electron chi connectivity index (χ4n) is 2.50. The van der Waals surface area contributed by atoms with E-state index in [2.05, 4.69) is 0 Å². The van der Waals surface area contributed by atoms with Gasteiger partial charge in [-0.3, -0.25) is 9.59 Å². The maximum atomic E-state index is 12.2. The summed E-state index contributed by atoms with van der Waals surface area (Å²) >= 11 is 0. The van der Waals surface area contributed by atoms with Gasteiger partial charge in [0.1, 0.15) is 0 Å². The van der Waals surface area contributed by atoms with Crippen molar-refractivity contribution in [3.05, 3.63) is 0 Å². The van der Waals surface area contributed by atoms with E-state index in [0.29, 0.717) is 38.9 Å². The molecule has 1 N–H and O–H groups in total. The molecular formula is C12H20N2O3. The third-order valence-electron chi connectivity index (χ3n) is 3.84. The molecule has 0 aromatic rings. The van der Waals surface area contributed by atoms with Crippen molar-refractivity contribution in [2.75, 3.05) is 26.7 Å². The van der Waals surface area contributed by atoms with Gasteiger partial charge in [-0.25, -0.2) is 0 Å². The van der Waals surface area contributed by atoms with Crippen LogP contribution in [0.25, 0.3) is 0 Å². The van der Waals surface area contributed by atoms with E-state index < -0.39 is 5.60 Å². The molecule has 0 spiro atoms. The van der Waals surface area contributed by atoms with Crippen LogP contribution in [-0.4, -0.2) is 59.0 Å². The van der Waals surface area contributed by atoms with Crippen LogP contribution in [0, 0.1) is 5.92 Å². The Hall–Kier alpha value is -1.10. The molecule has 0 bridgehead atoms. The van der Waals surface area contributed by atoms with Gasteiger partial charge in [-0.05, 0) is 19.8 Å². The Morgan fingerprint density at radius 3 is 2.47 bits per heavy atom. The standard InChI is InChI=1S/C12H20N2O3/c1-12(17)3-5-14(6-4-12)11(16)9-7-10(15)13(2)8-9/h9,17H,3-8H2,1-2H3. The summed E-state index contributed by atoms with van der Waals surface area (Å²) in [5.74, 6) is -0.0684.